The Hall–Kier alpha value is -1.65. The van der Waals surface area contributed by atoms with Gasteiger partial charge in [0.15, 0.2) is 5.82 Å². The van der Waals surface area contributed by atoms with E-state index in [4.69, 9.17) is 0 Å². The third kappa shape index (κ3) is 1.41. The molecular weight excluding hydrogens is 178 g/mol. The summed E-state index contributed by atoms with van der Waals surface area (Å²) in [5.41, 5.74) is 3.88. The summed E-state index contributed by atoms with van der Waals surface area (Å²) in [5.74, 6) is 0.711. The van der Waals surface area contributed by atoms with Gasteiger partial charge in [-0.15, -0.1) is 10.2 Å². The Morgan fingerprint density at radius 3 is 2.64 bits per heavy atom. The van der Waals surface area contributed by atoms with Crippen LogP contribution in [0.4, 0.5) is 0 Å². The minimum atomic E-state index is 0.678. The highest BCUT2D eigenvalue weighted by molar-refractivity contribution is 5.29. The summed E-state index contributed by atoms with van der Waals surface area (Å²) in [6, 6.07) is 0. The van der Waals surface area contributed by atoms with Gasteiger partial charge in [0, 0.05) is 11.9 Å². The van der Waals surface area contributed by atoms with Crippen LogP contribution >= 0.6 is 0 Å². The van der Waals surface area contributed by atoms with E-state index in [0.717, 1.165) is 0 Å². The number of H-pyrrole nitrogens is 1. The Bertz CT molecular complexity index is 426. The molecule has 2 aromatic heterocycles. The molecule has 0 radical (unpaired) electrons. The van der Waals surface area contributed by atoms with Gasteiger partial charge in [-0.2, -0.15) is 5.21 Å². The van der Waals surface area contributed by atoms with Gasteiger partial charge in [-0.1, -0.05) is 5.21 Å². The number of tetrazole rings is 1. The molecule has 0 unspecified atom stereocenters. The molecule has 5 nitrogen and oxygen atoms in total. The van der Waals surface area contributed by atoms with Gasteiger partial charge in [0.2, 0.25) is 0 Å². The molecule has 0 amide bonds. The fourth-order valence-corrected chi connectivity index (χ4v) is 1.49. The first-order valence-corrected chi connectivity index (χ1v) is 4.53. The second-order valence-electron chi connectivity index (χ2n) is 3.48. The molecule has 14 heavy (non-hydrogen) atoms. The molecule has 0 aliphatic carbocycles. The topological polar surface area (TPSA) is 59.4 Å². The minimum Gasteiger partial charge on any atom is -0.343 e. The van der Waals surface area contributed by atoms with Crippen LogP contribution < -0.4 is 0 Å². The molecule has 74 valence electrons. The largest absolute Gasteiger partial charge is 0.343 e. The second kappa shape index (κ2) is 3.25. The zero-order valence-electron chi connectivity index (χ0n) is 8.57. The van der Waals surface area contributed by atoms with E-state index in [9.17, 15) is 0 Å². The van der Waals surface area contributed by atoms with Crippen LogP contribution in [0.15, 0.2) is 6.20 Å². The lowest BCUT2D eigenvalue weighted by molar-refractivity contribution is 0.727. The summed E-state index contributed by atoms with van der Waals surface area (Å²) in [7, 11) is 0. The summed E-state index contributed by atoms with van der Waals surface area (Å²) in [5, 5.41) is 13.8. The van der Waals surface area contributed by atoms with Crippen LogP contribution in [-0.4, -0.2) is 25.2 Å². The highest BCUT2D eigenvalue weighted by atomic mass is 15.5. The van der Waals surface area contributed by atoms with Crippen molar-refractivity contribution in [3.63, 3.8) is 0 Å². The average Bonchev–Trinajstić information content (AvgIpc) is 2.73. The number of aromatic nitrogens is 5. The van der Waals surface area contributed by atoms with E-state index >= 15 is 0 Å². The molecule has 0 spiro atoms. The van der Waals surface area contributed by atoms with E-state index in [2.05, 4.69) is 52.2 Å². The molecule has 0 saturated carbocycles. The number of hydrogen-bond acceptors (Lipinski definition) is 3. The lowest BCUT2D eigenvalue weighted by Gasteiger charge is -2.01. The molecule has 0 aromatic carbocycles. The number of rotatable bonds is 2. The normalized spacial score (nSPS) is 10.8. The zero-order valence-corrected chi connectivity index (χ0v) is 8.57. The molecule has 0 fully saturated rings. The smallest absolute Gasteiger partial charge is 0.194 e. The summed E-state index contributed by atoms with van der Waals surface area (Å²) < 4.78 is 2.13. The SMILES string of the molecule is Cc1cn(Cc2nn[nH]n2)c(C)c1C. The number of nitrogens with one attached hydrogen (secondary N) is 1. The van der Waals surface area contributed by atoms with Crippen LogP contribution in [0.1, 0.15) is 22.6 Å². The maximum atomic E-state index is 3.92. The average molecular weight is 191 g/mol. The van der Waals surface area contributed by atoms with E-state index < -0.39 is 0 Å². The van der Waals surface area contributed by atoms with E-state index in [1.54, 1.807) is 0 Å². The summed E-state index contributed by atoms with van der Waals surface area (Å²) in [4.78, 5) is 0. The molecule has 1 N–H and O–H groups in total. The summed E-state index contributed by atoms with van der Waals surface area (Å²) in [6.45, 7) is 7.01. The van der Waals surface area contributed by atoms with E-state index in [1.807, 2.05) is 0 Å². The Morgan fingerprint density at radius 1 is 1.36 bits per heavy atom. The van der Waals surface area contributed by atoms with Crippen LogP contribution in [-0.2, 0) is 6.54 Å². The molecule has 0 saturated heterocycles. The second-order valence-corrected chi connectivity index (χ2v) is 3.48. The standard InChI is InChI=1S/C9H13N5/c1-6-4-14(8(3)7(6)2)5-9-10-12-13-11-9/h4H,5H2,1-3H3,(H,10,11,12,13). The monoisotopic (exact) mass is 191 g/mol. The van der Waals surface area contributed by atoms with Gasteiger partial charge >= 0.3 is 0 Å². The minimum absolute atomic E-state index is 0.678. The van der Waals surface area contributed by atoms with Crippen LogP contribution in [0.2, 0.25) is 0 Å². The number of nitrogens with zero attached hydrogens (tertiary/aromatic N) is 4. The van der Waals surface area contributed by atoms with Crippen LogP contribution in [0.3, 0.4) is 0 Å². The van der Waals surface area contributed by atoms with Gasteiger partial charge < -0.3 is 4.57 Å². The first kappa shape index (κ1) is 8.93. The Balaban J connectivity index is 2.30. The van der Waals surface area contributed by atoms with Gasteiger partial charge in [-0.25, -0.2) is 0 Å². The number of aromatic amines is 1. The molecular formula is C9H13N5. The quantitative estimate of drug-likeness (QED) is 0.769. The van der Waals surface area contributed by atoms with E-state index in [-0.39, 0.29) is 0 Å². The highest BCUT2D eigenvalue weighted by Crippen LogP contribution is 2.14. The van der Waals surface area contributed by atoms with Gasteiger partial charge in [0.25, 0.3) is 0 Å². The molecule has 2 rings (SSSR count). The van der Waals surface area contributed by atoms with Crippen molar-refractivity contribution in [2.45, 2.75) is 27.3 Å². The van der Waals surface area contributed by atoms with Crippen molar-refractivity contribution in [3.8, 4) is 0 Å². The Labute approximate surface area is 82.1 Å². The third-order valence-corrected chi connectivity index (χ3v) is 2.62. The molecule has 0 bridgehead atoms. The van der Waals surface area contributed by atoms with Gasteiger partial charge in [0.05, 0.1) is 6.54 Å². The zero-order chi connectivity index (χ0) is 10.1. The maximum absolute atomic E-state index is 3.92. The maximum Gasteiger partial charge on any atom is 0.194 e. The molecule has 2 heterocycles. The Morgan fingerprint density at radius 2 is 2.14 bits per heavy atom. The molecule has 5 heteroatoms. The molecule has 0 atom stereocenters. The van der Waals surface area contributed by atoms with Crippen molar-refractivity contribution in [1.29, 1.82) is 0 Å². The third-order valence-electron chi connectivity index (χ3n) is 2.62. The van der Waals surface area contributed by atoms with Crippen molar-refractivity contribution >= 4 is 0 Å². The van der Waals surface area contributed by atoms with Crippen molar-refractivity contribution in [2.24, 2.45) is 0 Å². The van der Waals surface area contributed by atoms with Gasteiger partial charge in [-0.05, 0) is 31.9 Å². The molecule has 0 aliphatic rings. The van der Waals surface area contributed by atoms with Gasteiger partial charge in [0.1, 0.15) is 0 Å². The van der Waals surface area contributed by atoms with E-state index in [0.29, 0.717) is 12.4 Å². The number of hydrogen-bond donors (Lipinski definition) is 1. The number of aryl methyl sites for hydroxylation is 1. The summed E-state index contributed by atoms with van der Waals surface area (Å²) >= 11 is 0. The van der Waals surface area contributed by atoms with Gasteiger partial charge in [-0.3, -0.25) is 0 Å². The van der Waals surface area contributed by atoms with Crippen LogP contribution in [0.25, 0.3) is 0 Å². The predicted molar refractivity (Wildman–Crippen MR) is 51.9 cm³/mol. The lowest BCUT2D eigenvalue weighted by Crippen LogP contribution is -2.02. The fraction of sp³-hybridized carbons (Fsp3) is 0.444. The molecule has 0 aliphatic heterocycles. The summed E-state index contributed by atoms with van der Waals surface area (Å²) in [6.07, 6.45) is 2.11. The van der Waals surface area contributed by atoms with Crippen molar-refractivity contribution in [2.75, 3.05) is 0 Å². The van der Waals surface area contributed by atoms with E-state index in [1.165, 1.54) is 16.8 Å². The molecule has 2 aromatic rings. The van der Waals surface area contributed by atoms with Crippen molar-refractivity contribution in [1.82, 2.24) is 25.2 Å². The first-order valence-electron chi connectivity index (χ1n) is 4.53. The van der Waals surface area contributed by atoms with Crippen LogP contribution in [0.5, 0.6) is 0 Å². The van der Waals surface area contributed by atoms with Crippen molar-refractivity contribution in [3.05, 3.63) is 28.8 Å². The Kier molecular flexibility index (Phi) is 2.07. The first-order chi connectivity index (χ1) is 6.68. The predicted octanol–water partition coefficient (Wildman–Crippen LogP) is 0.975. The van der Waals surface area contributed by atoms with Crippen molar-refractivity contribution < 1.29 is 0 Å². The van der Waals surface area contributed by atoms with Crippen LogP contribution in [0, 0.1) is 20.8 Å². The highest BCUT2D eigenvalue weighted by Gasteiger charge is 2.07. The lowest BCUT2D eigenvalue weighted by atomic mass is 10.2. The fourth-order valence-electron chi connectivity index (χ4n) is 1.49.